The van der Waals surface area contributed by atoms with Gasteiger partial charge in [0.1, 0.15) is 0 Å². The van der Waals surface area contributed by atoms with Crippen LogP contribution in [0.3, 0.4) is 0 Å². The van der Waals surface area contributed by atoms with Gasteiger partial charge in [0.25, 0.3) is 0 Å². The number of hydrogen-bond acceptors (Lipinski definition) is 3. The Hall–Kier alpha value is -2.36. The predicted molar refractivity (Wildman–Crippen MR) is 67.5 cm³/mol. The van der Waals surface area contributed by atoms with Gasteiger partial charge in [0.15, 0.2) is 0 Å². The molecule has 3 rings (SSSR count). The summed E-state index contributed by atoms with van der Waals surface area (Å²) in [5.74, 6) is 0. The van der Waals surface area contributed by atoms with Gasteiger partial charge in [-0.3, -0.25) is 9.67 Å². The van der Waals surface area contributed by atoms with Crippen LogP contribution in [0.15, 0.2) is 48.9 Å². The molecule has 0 spiro atoms. The van der Waals surface area contributed by atoms with Crippen LogP contribution in [0.25, 0.3) is 10.9 Å². The fourth-order valence-electron chi connectivity index (χ4n) is 1.87. The van der Waals surface area contributed by atoms with E-state index in [9.17, 15) is 0 Å². The summed E-state index contributed by atoms with van der Waals surface area (Å²) in [6.45, 7) is 0.732. The maximum atomic E-state index is 5.79. The smallest absolute Gasteiger partial charge is 0.0706 e. The van der Waals surface area contributed by atoms with Crippen LogP contribution in [0, 0.1) is 0 Å². The van der Waals surface area contributed by atoms with E-state index >= 15 is 0 Å². The zero-order chi connectivity index (χ0) is 11.7. The van der Waals surface area contributed by atoms with Gasteiger partial charge in [-0.25, -0.2) is 0 Å². The Morgan fingerprint density at radius 2 is 1.94 bits per heavy atom. The molecule has 4 nitrogen and oxygen atoms in total. The zero-order valence-electron chi connectivity index (χ0n) is 9.24. The first-order valence-electron chi connectivity index (χ1n) is 5.43. The first-order valence-corrected chi connectivity index (χ1v) is 5.43. The molecule has 0 amide bonds. The monoisotopic (exact) mass is 224 g/mol. The van der Waals surface area contributed by atoms with Gasteiger partial charge in [-0.1, -0.05) is 0 Å². The van der Waals surface area contributed by atoms with Gasteiger partial charge in [-0.15, -0.1) is 0 Å². The van der Waals surface area contributed by atoms with E-state index in [-0.39, 0.29) is 0 Å². The van der Waals surface area contributed by atoms with Gasteiger partial charge in [0.2, 0.25) is 0 Å². The lowest BCUT2D eigenvalue weighted by Crippen LogP contribution is -2.01. The lowest BCUT2D eigenvalue weighted by Gasteiger charge is -2.03. The maximum Gasteiger partial charge on any atom is 0.0706 e. The van der Waals surface area contributed by atoms with E-state index in [1.807, 2.05) is 41.2 Å². The number of nitrogens with two attached hydrogens (primary N) is 1. The average Bonchev–Trinajstić information content (AvgIpc) is 2.73. The molecule has 0 saturated heterocycles. The summed E-state index contributed by atoms with van der Waals surface area (Å²) in [7, 11) is 0. The summed E-state index contributed by atoms with van der Waals surface area (Å²) in [5, 5.41) is 5.48. The number of nitrogens with zero attached hydrogens (tertiary/aromatic N) is 3. The van der Waals surface area contributed by atoms with Gasteiger partial charge >= 0.3 is 0 Å². The number of rotatable bonds is 2. The quantitative estimate of drug-likeness (QED) is 0.678. The second-order valence-electron chi connectivity index (χ2n) is 3.98. The summed E-state index contributed by atoms with van der Waals surface area (Å²) in [4.78, 5) is 4.00. The number of nitrogen functional groups attached to an aromatic ring is 1. The van der Waals surface area contributed by atoms with Crippen molar-refractivity contribution in [3.63, 3.8) is 0 Å². The Morgan fingerprint density at radius 3 is 2.76 bits per heavy atom. The van der Waals surface area contributed by atoms with Crippen LogP contribution >= 0.6 is 0 Å². The number of hydrogen-bond donors (Lipinski definition) is 1. The lowest BCUT2D eigenvalue weighted by molar-refractivity contribution is 0.711. The molecule has 0 aliphatic carbocycles. The highest BCUT2D eigenvalue weighted by atomic mass is 15.3. The summed E-state index contributed by atoms with van der Waals surface area (Å²) < 4.78 is 1.95. The molecule has 2 N–H and O–H groups in total. The van der Waals surface area contributed by atoms with E-state index in [4.69, 9.17) is 5.73 Å². The summed E-state index contributed by atoms with van der Waals surface area (Å²) in [6, 6.07) is 9.80. The molecule has 0 aliphatic heterocycles. The summed E-state index contributed by atoms with van der Waals surface area (Å²) in [6.07, 6.45) is 5.43. The molecule has 3 aromatic rings. The minimum Gasteiger partial charge on any atom is -0.399 e. The van der Waals surface area contributed by atoms with Crippen molar-refractivity contribution in [3.8, 4) is 0 Å². The Kier molecular flexibility index (Phi) is 2.26. The standard InChI is InChI=1S/C13H12N4/c14-12-2-1-11-8-16-17(13(11)7-12)9-10-3-5-15-6-4-10/h1-8H,9,14H2. The number of benzene rings is 1. The van der Waals surface area contributed by atoms with E-state index in [1.54, 1.807) is 12.4 Å². The van der Waals surface area contributed by atoms with Gasteiger partial charge in [-0.2, -0.15) is 5.10 Å². The second-order valence-corrected chi connectivity index (χ2v) is 3.98. The lowest BCUT2D eigenvalue weighted by atomic mass is 10.2. The molecule has 2 heterocycles. The SMILES string of the molecule is Nc1ccc2cnn(Cc3ccncc3)c2c1. The van der Waals surface area contributed by atoms with E-state index in [2.05, 4.69) is 10.1 Å². The Labute approximate surface area is 98.7 Å². The third-order valence-electron chi connectivity index (χ3n) is 2.75. The van der Waals surface area contributed by atoms with Gasteiger partial charge < -0.3 is 5.73 Å². The molecule has 0 fully saturated rings. The van der Waals surface area contributed by atoms with E-state index in [1.165, 1.54) is 5.56 Å². The fraction of sp³-hybridized carbons (Fsp3) is 0.0769. The van der Waals surface area contributed by atoms with Crippen LogP contribution in [-0.4, -0.2) is 14.8 Å². The van der Waals surface area contributed by atoms with Crippen molar-refractivity contribution < 1.29 is 0 Å². The van der Waals surface area contributed by atoms with Crippen LogP contribution in [0.4, 0.5) is 5.69 Å². The van der Waals surface area contributed by atoms with Crippen molar-refractivity contribution in [3.05, 3.63) is 54.5 Å². The minimum atomic E-state index is 0.732. The van der Waals surface area contributed by atoms with Gasteiger partial charge in [0, 0.05) is 23.5 Å². The minimum absolute atomic E-state index is 0.732. The highest BCUT2D eigenvalue weighted by Crippen LogP contribution is 2.17. The Morgan fingerprint density at radius 1 is 1.12 bits per heavy atom. The highest BCUT2D eigenvalue weighted by Gasteiger charge is 2.03. The summed E-state index contributed by atoms with van der Waals surface area (Å²) in [5.41, 5.74) is 8.78. The zero-order valence-corrected chi connectivity index (χ0v) is 9.24. The molecular formula is C13H12N4. The number of anilines is 1. The second kappa shape index (κ2) is 3.90. The molecule has 0 unspecified atom stereocenters. The van der Waals surface area contributed by atoms with E-state index in [0.717, 1.165) is 23.1 Å². The van der Waals surface area contributed by atoms with Crippen molar-refractivity contribution >= 4 is 16.6 Å². The van der Waals surface area contributed by atoms with Crippen molar-refractivity contribution in [2.24, 2.45) is 0 Å². The average molecular weight is 224 g/mol. The number of fused-ring (bicyclic) bond motifs is 1. The molecule has 4 heteroatoms. The van der Waals surface area contributed by atoms with Gasteiger partial charge in [0.05, 0.1) is 18.3 Å². The fourth-order valence-corrected chi connectivity index (χ4v) is 1.87. The Bertz CT molecular complexity index is 643. The molecule has 0 bridgehead atoms. The topological polar surface area (TPSA) is 56.7 Å². The predicted octanol–water partition coefficient (Wildman–Crippen LogP) is 2.06. The highest BCUT2D eigenvalue weighted by molar-refractivity contribution is 5.81. The van der Waals surface area contributed by atoms with Gasteiger partial charge in [-0.05, 0) is 35.9 Å². The first-order chi connectivity index (χ1) is 8.33. The molecule has 84 valence electrons. The molecule has 0 saturated carbocycles. The molecular weight excluding hydrogens is 212 g/mol. The van der Waals surface area contributed by atoms with Crippen molar-refractivity contribution in [2.75, 3.05) is 5.73 Å². The largest absolute Gasteiger partial charge is 0.399 e. The van der Waals surface area contributed by atoms with Crippen LogP contribution in [0.5, 0.6) is 0 Å². The van der Waals surface area contributed by atoms with E-state index in [0.29, 0.717) is 0 Å². The maximum absolute atomic E-state index is 5.79. The van der Waals surface area contributed by atoms with Crippen LogP contribution in [0.1, 0.15) is 5.56 Å². The van der Waals surface area contributed by atoms with Crippen LogP contribution in [-0.2, 0) is 6.54 Å². The van der Waals surface area contributed by atoms with E-state index < -0.39 is 0 Å². The van der Waals surface area contributed by atoms with Crippen molar-refractivity contribution in [1.82, 2.24) is 14.8 Å². The van der Waals surface area contributed by atoms with Crippen molar-refractivity contribution in [1.29, 1.82) is 0 Å². The number of aromatic nitrogens is 3. The van der Waals surface area contributed by atoms with Crippen LogP contribution in [0.2, 0.25) is 0 Å². The van der Waals surface area contributed by atoms with Crippen LogP contribution < -0.4 is 5.73 Å². The molecule has 0 atom stereocenters. The molecule has 1 aromatic carbocycles. The first kappa shape index (κ1) is 9.84. The third kappa shape index (κ3) is 1.85. The Balaban J connectivity index is 2.03. The molecule has 0 aliphatic rings. The summed E-state index contributed by atoms with van der Waals surface area (Å²) >= 11 is 0. The van der Waals surface area contributed by atoms with Crippen molar-refractivity contribution in [2.45, 2.75) is 6.54 Å². The third-order valence-corrected chi connectivity index (χ3v) is 2.75. The normalized spacial score (nSPS) is 10.8. The molecule has 0 radical (unpaired) electrons. The molecule has 2 aromatic heterocycles. The molecule has 17 heavy (non-hydrogen) atoms. The number of pyridine rings is 1.